The molecule has 0 aliphatic carbocycles. The molecule has 7 heteroatoms. The Morgan fingerprint density at radius 3 is 2.42 bits per heavy atom. The molecule has 2 heterocycles. The van der Waals surface area contributed by atoms with Gasteiger partial charge in [0.1, 0.15) is 0 Å². The summed E-state index contributed by atoms with van der Waals surface area (Å²) in [5.41, 5.74) is 1.56. The maximum atomic E-state index is 13.3. The van der Waals surface area contributed by atoms with Crippen LogP contribution in [0.4, 0.5) is 0 Å². The highest BCUT2D eigenvalue weighted by atomic mass is 35.5. The number of piperidine rings is 1. The number of nitrogens with zero attached hydrogens (tertiary/aromatic N) is 2. The van der Waals surface area contributed by atoms with Gasteiger partial charge in [0.15, 0.2) is 0 Å². The lowest BCUT2D eigenvalue weighted by atomic mass is 9.93. The van der Waals surface area contributed by atoms with Crippen molar-refractivity contribution in [3.05, 3.63) is 69.7 Å². The van der Waals surface area contributed by atoms with Gasteiger partial charge in [0.2, 0.25) is 5.91 Å². The van der Waals surface area contributed by atoms with Gasteiger partial charge in [-0.1, -0.05) is 60.5 Å². The van der Waals surface area contributed by atoms with Crippen molar-refractivity contribution < 1.29 is 9.59 Å². The standard InChI is InChI=1S/C24H26Cl2N2O2S/c1-2-19(17-6-4-3-5-7-17)22(29)27-12-10-24(11-13-27)28(14-15-31-24)23(30)20-9-8-18(25)16-21(20)26/h3-9,16,19H,2,10-15H2,1H3. The zero-order chi connectivity index (χ0) is 22.0. The van der Waals surface area contributed by atoms with Crippen molar-refractivity contribution in [1.82, 2.24) is 9.80 Å². The van der Waals surface area contributed by atoms with E-state index in [9.17, 15) is 9.59 Å². The third-order valence-corrected chi connectivity index (χ3v) is 8.45. The summed E-state index contributed by atoms with van der Waals surface area (Å²) in [5, 5.41) is 0.897. The molecule has 31 heavy (non-hydrogen) atoms. The molecule has 2 amide bonds. The molecule has 0 N–H and O–H groups in total. The minimum absolute atomic E-state index is 0.0536. The second-order valence-electron chi connectivity index (χ2n) is 8.07. The second-order valence-corrected chi connectivity index (χ2v) is 10.4. The smallest absolute Gasteiger partial charge is 0.256 e. The summed E-state index contributed by atoms with van der Waals surface area (Å²) >= 11 is 14.1. The van der Waals surface area contributed by atoms with Crippen LogP contribution in [0, 0.1) is 0 Å². The number of benzene rings is 2. The van der Waals surface area contributed by atoms with E-state index in [1.54, 1.807) is 18.2 Å². The number of likely N-dealkylation sites (tertiary alicyclic amines) is 1. The Kier molecular flexibility index (Phi) is 6.85. The van der Waals surface area contributed by atoms with Gasteiger partial charge in [-0.15, -0.1) is 11.8 Å². The number of hydrogen-bond acceptors (Lipinski definition) is 3. The minimum atomic E-state index is -0.273. The van der Waals surface area contributed by atoms with Crippen LogP contribution in [0.5, 0.6) is 0 Å². The Morgan fingerprint density at radius 2 is 1.77 bits per heavy atom. The molecular weight excluding hydrogens is 451 g/mol. The first-order valence-electron chi connectivity index (χ1n) is 10.7. The highest BCUT2D eigenvalue weighted by Crippen LogP contribution is 2.45. The predicted molar refractivity (Wildman–Crippen MR) is 128 cm³/mol. The summed E-state index contributed by atoms with van der Waals surface area (Å²) in [6.07, 6.45) is 2.32. The number of thioether (sulfide) groups is 1. The van der Waals surface area contributed by atoms with Gasteiger partial charge in [0.05, 0.1) is 21.4 Å². The summed E-state index contributed by atoms with van der Waals surface area (Å²) in [5.74, 6) is 0.913. The minimum Gasteiger partial charge on any atom is -0.342 e. The Hall–Kier alpha value is -1.69. The van der Waals surface area contributed by atoms with Crippen LogP contribution in [0.15, 0.2) is 48.5 Å². The molecule has 2 aromatic rings. The number of carbonyl (C=O) groups is 2. The van der Waals surface area contributed by atoms with Gasteiger partial charge in [-0.05, 0) is 43.0 Å². The Morgan fingerprint density at radius 1 is 1.06 bits per heavy atom. The fourth-order valence-corrected chi connectivity index (χ4v) is 6.60. The molecule has 0 saturated carbocycles. The molecular formula is C24H26Cl2N2O2S. The van der Waals surface area contributed by atoms with Gasteiger partial charge < -0.3 is 9.80 Å². The highest BCUT2D eigenvalue weighted by Gasteiger charge is 2.47. The zero-order valence-corrected chi connectivity index (χ0v) is 19.8. The van der Waals surface area contributed by atoms with Crippen LogP contribution in [0.25, 0.3) is 0 Å². The van der Waals surface area contributed by atoms with Crippen LogP contribution >= 0.6 is 35.0 Å². The summed E-state index contributed by atoms with van der Waals surface area (Å²) in [7, 11) is 0. The maximum Gasteiger partial charge on any atom is 0.256 e. The van der Waals surface area contributed by atoms with E-state index in [-0.39, 0.29) is 22.6 Å². The Bertz CT molecular complexity index is 961. The second kappa shape index (κ2) is 9.43. The fourth-order valence-electron chi connectivity index (χ4n) is 4.65. The number of rotatable bonds is 4. The molecule has 0 bridgehead atoms. The molecule has 4 nitrogen and oxygen atoms in total. The third kappa shape index (κ3) is 4.46. The van der Waals surface area contributed by atoms with E-state index in [0.29, 0.717) is 35.2 Å². The van der Waals surface area contributed by atoms with Gasteiger partial charge in [0.25, 0.3) is 5.91 Å². The monoisotopic (exact) mass is 476 g/mol. The van der Waals surface area contributed by atoms with Gasteiger partial charge in [-0.25, -0.2) is 0 Å². The summed E-state index contributed by atoms with van der Waals surface area (Å²) in [6, 6.07) is 15.0. The molecule has 1 atom stereocenters. The molecule has 1 spiro atoms. The predicted octanol–water partition coefficient (Wildman–Crippen LogP) is 5.69. The molecule has 2 saturated heterocycles. The van der Waals surface area contributed by atoms with Crippen LogP contribution in [0.2, 0.25) is 10.0 Å². The van der Waals surface area contributed by atoms with Crippen molar-refractivity contribution in [2.75, 3.05) is 25.4 Å². The molecule has 2 aromatic carbocycles. The van der Waals surface area contributed by atoms with Crippen LogP contribution in [0.1, 0.15) is 48.0 Å². The van der Waals surface area contributed by atoms with Crippen molar-refractivity contribution in [2.45, 2.75) is 37.0 Å². The molecule has 0 radical (unpaired) electrons. The van der Waals surface area contributed by atoms with Crippen molar-refractivity contribution >= 4 is 46.8 Å². The Balaban J connectivity index is 1.47. The number of amides is 2. The van der Waals surface area contributed by atoms with E-state index < -0.39 is 0 Å². The summed E-state index contributed by atoms with van der Waals surface area (Å²) < 4.78 is 0. The first-order chi connectivity index (χ1) is 14.9. The SMILES string of the molecule is CCC(C(=O)N1CCC2(CC1)SCCN2C(=O)c1ccc(Cl)cc1Cl)c1ccccc1. The van der Waals surface area contributed by atoms with Gasteiger partial charge in [0, 0.05) is 30.4 Å². The average molecular weight is 477 g/mol. The zero-order valence-electron chi connectivity index (χ0n) is 17.5. The fraction of sp³-hybridized carbons (Fsp3) is 0.417. The van der Waals surface area contributed by atoms with E-state index in [4.69, 9.17) is 23.2 Å². The number of hydrogen-bond donors (Lipinski definition) is 0. The highest BCUT2D eigenvalue weighted by molar-refractivity contribution is 8.00. The molecule has 164 valence electrons. The van der Waals surface area contributed by atoms with Crippen molar-refractivity contribution in [1.29, 1.82) is 0 Å². The molecule has 2 aliphatic heterocycles. The van der Waals surface area contributed by atoms with E-state index in [1.807, 2.05) is 51.9 Å². The van der Waals surface area contributed by atoms with E-state index in [0.717, 1.165) is 30.6 Å². The summed E-state index contributed by atoms with van der Waals surface area (Å²) in [6.45, 7) is 4.07. The molecule has 1 unspecified atom stereocenters. The van der Waals surface area contributed by atoms with Gasteiger partial charge >= 0.3 is 0 Å². The number of carbonyl (C=O) groups excluding carboxylic acids is 2. The van der Waals surface area contributed by atoms with Gasteiger partial charge in [-0.3, -0.25) is 9.59 Å². The number of halogens is 2. The third-order valence-electron chi connectivity index (χ3n) is 6.35. The molecule has 0 aromatic heterocycles. The van der Waals surface area contributed by atoms with Crippen LogP contribution in [-0.4, -0.2) is 51.9 Å². The van der Waals surface area contributed by atoms with Crippen LogP contribution in [-0.2, 0) is 4.79 Å². The van der Waals surface area contributed by atoms with Crippen molar-refractivity contribution in [2.24, 2.45) is 0 Å². The van der Waals surface area contributed by atoms with Crippen molar-refractivity contribution in [3.63, 3.8) is 0 Å². The lowest BCUT2D eigenvalue weighted by molar-refractivity contribution is -0.134. The van der Waals surface area contributed by atoms with Crippen LogP contribution in [0.3, 0.4) is 0 Å². The lowest BCUT2D eigenvalue weighted by Crippen LogP contribution is -2.54. The van der Waals surface area contributed by atoms with E-state index >= 15 is 0 Å². The normalized spacial score (nSPS) is 18.9. The summed E-state index contributed by atoms with van der Waals surface area (Å²) in [4.78, 5) is 30.2. The van der Waals surface area contributed by atoms with Crippen LogP contribution < -0.4 is 0 Å². The first-order valence-corrected chi connectivity index (χ1v) is 12.4. The average Bonchev–Trinajstić information content (AvgIpc) is 3.18. The van der Waals surface area contributed by atoms with Crippen molar-refractivity contribution in [3.8, 4) is 0 Å². The Labute approximate surface area is 197 Å². The molecule has 2 fully saturated rings. The quantitative estimate of drug-likeness (QED) is 0.568. The largest absolute Gasteiger partial charge is 0.342 e. The maximum absolute atomic E-state index is 13.3. The molecule has 4 rings (SSSR count). The lowest BCUT2D eigenvalue weighted by Gasteiger charge is -2.44. The van der Waals surface area contributed by atoms with E-state index in [2.05, 4.69) is 6.92 Å². The molecule has 2 aliphatic rings. The van der Waals surface area contributed by atoms with Gasteiger partial charge in [-0.2, -0.15) is 0 Å². The first kappa shape index (κ1) is 22.5. The van der Waals surface area contributed by atoms with E-state index in [1.165, 1.54) is 0 Å². The topological polar surface area (TPSA) is 40.6 Å².